The summed E-state index contributed by atoms with van der Waals surface area (Å²) in [4.78, 5) is 38.1. The molecule has 0 saturated carbocycles. The molecular weight excluding hydrogens is 406 g/mol. The molecule has 1 aliphatic rings. The van der Waals surface area contributed by atoms with Gasteiger partial charge in [0.15, 0.2) is 5.76 Å². The van der Waals surface area contributed by atoms with Crippen molar-refractivity contribution in [1.82, 2.24) is 10.2 Å². The summed E-state index contributed by atoms with van der Waals surface area (Å²) in [5, 5.41) is 6.57. The third-order valence-electron chi connectivity index (χ3n) is 5.82. The van der Waals surface area contributed by atoms with Crippen molar-refractivity contribution >= 4 is 34.4 Å². The predicted octanol–water partition coefficient (Wildman–Crippen LogP) is 3.60. The number of carbonyl (C=O) groups excluding carboxylic acids is 3. The normalized spacial score (nSPS) is 14.3. The molecular formula is C25H27N3O4. The summed E-state index contributed by atoms with van der Waals surface area (Å²) in [6, 6.07) is 16.5. The van der Waals surface area contributed by atoms with E-state index in [1.54, 1.807) is 18.2 Å². The number of rotatable bonds is 6. The number of hydrogen-bond donors (Lipinski definition) is 2. The monoisotopic (exact) mass is 433 g/mol. The molecule has 2 aromatic carbocycles. The van der Waals surface area contributed by atoms with Gasteiger partial charge < -0.3 is 20.0 Å². The second-order valence-electron chi connectivity index (χ2n) is 8.24. The highest BCUT2D eigenvalue weighted by Gasteiger charge is 2.23. The molecule has 7 heteroatoms. The number of fused-ring (bicyclic) bond motifs is 1. The molecule has 7 nitrogen and oxygen atoms in total. The van der Waals surface area contributed by atoms with Gasteiger partial charge in [-0.15, -0.1) is 0 Å². The van der Waals surface area contributed by atoms with Crippen molar-refractivity contribution in [3.63, 3.8) is 0 Å². The molecule has 0 spiro atoms. The lowest BCUT2D eigenvalue weighted by Gasteiger charge is -2.32. The molecule has 2 heterocycles. The highest BCUT2D eigenvalue weighted by molar-refractivity contribution is 6.04. The van der Waals surface area contributed by atoms with E-state index in [1.807, 2.05) is 41.3 Å². The summed E-state index contributed by atoms with van der Waals surface area (Å²) < 4.78 is 5.60. The van der Waals surface area contributed by atoms with Crippen LogP contribution in [0.15, 0.2) is 59.0 Å². The van der Waals surface area contributed by atoms with E-state index in [2.05, 4.69) is 10.6 Å². The van der Waals surface area contributed by atoms with E-state index in [-0.39, 0.29) is 23.5 Å². The SMILES string of the molecule is CC(=O)NCC1CCN(C(=O)Cc2ccc(NC(=O)c3cc4ccccc4o3)cc2)CC1. The highest BCUT2D eigenvalue weighted by Crippen LogP contribution is 2.21. The second kappa shape index (κ2) is 9.68. The molecule has 0 aliphatic carbocycles. The number of furan rings is 1. The Hall–Kier alpha value is -3.61. The van der Waals surface area contributed by atoms with Gasteiger partial charge in [0.2, 0.25) is 11.8 Å². The Bertz CT molecular complexity index is 1080. The van der Waals surface area contributed by atoms with Gasteiger partial charge in [-0.3, -0.25) is 14.4 Å². The zero-order chi connectivity index (χ0) is 22.5. The van der Waals surface area contributed by atoms with Gasteiger partial charge in [0.25, 0.3) is 5.91 Å². The van der Waals surface area contributed by atoms with Gasteiger partial charge in [-0.05, 0) is 48.6 Å². The maximum atomic E-state index is 12.6. The Morgan fingerprint density at radius 3 is 2.44 bits per heavy atom. The van der Waals surface area contributed by atoms with Crippen LogP contribution in [-0.2, 0) is 16.0 Å². The van der Waals surface area contributed by atoms with Crippen LogP contribution >= 0.6 is 0 Å². The Balaban J connectivity index is 1.27. The van der Waals surface area contributed by atoms with Crippen LogP contribution in [0.2, 0.25) is 0 Å². The summed E-state index contributed by atoms with van der Waals surface area (Å²) in [6.45, 7) is 3.64. The molecule has 1 aliphatic heterocycles. The number of carbonyl (C=O) groups is 3. The van der Waals surface area contributed by atoms with E-state index in [1.165, 1.54) is 6.92 Å². The van der Waals surface area contributed by atoms with Crippen LogP contribution in [-0.4, -0.2) is 42.3 Å². The van der Waals surface area contributed by atoms with E-state index in [9.17, 15) is 14.4 Å². The first-order valence-corrected chi connectivity index (χ1v) is 10.9. The standard InChI is InChI=1S/C25H27N3O4/c1-17(29)26-16-19-10-12-28(13-11-19)24(30)14-18-6-8-21(9-7-18)27-25(31)23-15-20-4-2-3-5-22(20)32-23/h2-9,15,19H,10-14,16H2,1H3,(H,26,29)(H,27,31). The largest absolute Gasteiger partial charge is 0.451 e. The van der Waals surface area contributed by atoms with Gasteiger partial charge in [0, 0.05) is 37.6 Å². The van der Waals surface area contributed by atoms with Crippen molar-refractivity contribution in [1.29, 1.82) is 0 Å². The molecule has 166 valence electrons. The van der Waals surface area contributed by atoms with Gasteiger partial charge in [0.1, 0.15) is 5.58 Å². The fourth-order valence-electron chi connectivity index (χ4n) is 3.95. The molecule has 4 rings (SSSR count). The van der Waals surface area contributed by atoms with E-state index < -0.39 is 0 Å². The lowest BCUT2D eigenvalue weighted by Crippen LogP contribution is -2.41. The van der Waals surface area contributed by atoms with Crippen LogP contribution in [0.25, 0.3) is 11.0 Å². The van der Waals surface area contributed by atoms with Crippen LogP contribution in [0.5, 0.6) is 0 Å². The van der Waals surface area contributed by atoms with Crippen LogP contribution in [0.3, 0.4) is 0 Å². The summed E-state index contributed by atoms with van der Waals surface area (Å²) in [5.74, 6) is 0.458. The van der Waals surface area contributed by atoms with Gasteiger partial charge in [0.05, 0.1) is 6.42 Å². The third kappa shape index (κ3) is 5.35. The first-order valence-electron chi connectivity index (χ1n) is 10.9. The second-order valence-corrected chi connectivity index (χ2v) is 8.24. The Morgan fingerprint density at radius 1 is 1.03 bits per heavy atom. The minimum absolute atomic E-state index is 0.0132. The maximum Gasteiger partial charge on any atom is 0.291 e. The molecule has 3 aromatic rings. The van der Waals surface area contributed by atoms with Crippen molar-refractivity contribution in [3.8, 4) is 0 Å². The Morgan fingerprint density at radius 2 is 1.75 bits per heavy atom. The topological polar surface area (TPSA) is 91.7 Å². The molecule has 0 atom stereocenters. The lowest BCUT2D eigenvalue weighted by molar-refractivity contribution is -0.132. The zero-order valence-corrected chi connectivity index (χ0v) is 18.1. The summed E-state index contributed by atoms with van der Waals surface area (Å²) in [6.07, 6.45) is 2.13. The quantitative estimate of drug-likeness (QED) is 0.621. The van der Waals surface area contributed by atoms with Crippen molar-refractivity contribution in [3.05, 3.63) is 65.9 Å². The summed E-state index contributed by atoms with van der Waals surface area (Å²) in [7, 11) is 0. The minimum Gasteiger partial charge on any atom is -0.451 e. The van der Waals surface area contributed by atoms with Crippen LogP contribution in [0, 0.1) is 5.92 Å². The van der Waals surface area contributed by atoms with Crippen LogP contribution in [0.1, 0.15) is 35.9 Å². The van der Waals surface area contributed by atoms with Gasteiger partial charge >= 0.3 is 0 Å². The van der Waals surface area contributed by atoms with E-state index in [0.717, 1.165) is 23.8 Å². The van der Waals surface area contributed by atoms with E-state index >= 15 is 0 Å². The maximum absolute atomic E-state index is 12.6. The molecule has 3 amide bonds. The first-order chi connectivity index (χ1) is 15.5. The van der Waals surface area contributed by atoms with Gasteiger partial charge in [-0.25, -0.2) is 0 Å². The van der Waals surface area contributed by atoms with Crippen molar-refractivity contribution in [2.24, 2.45) is 5.92 Å². The van der Waals surface area contributed by atoms with Crippen molar-refractivity contribution < 1.29 is 18.8 Å². The molecule has 0 unspecified atom stereocenters. The fourth-order valence-corrected chi connectivity index (χ4v) is 3.95. The van der Waals surface area contributed by atoms with Gasteiger partial charge in [-0.2, -0.15) is 0 Å². The van der Waals surface area contributed by atoms with Crippen molar-refractivity contribution in [2.75, 3.05) is 25.0 Å². The van der Waals surface area contributed by atoms with Crippen molar-refractivity contribution in [2.45, 2.75) is 26.2 Å². The number of benzene rings is 2. The molecule has 2 N–H and O–H groups in total. The molecule has 1 saturated heterocycles. The molecule has 1 fully saturated rings. The fraction of sp³-hybridized carbons (Fsp3) is 0.320. The zero-order valence-electron chi connectivity index (χ0n) is 18.1. The Labute approximate surface area is 186 Å². The number of likely N-dealkylation sites (tertiary alicyclic amines) is 1. The third-order valence-corrected chi connectivity index (χ3v) is 5.82. The number of piperidine rings is 1. The number of hydrogen-bond acceptors (Lipinski definition) is 4. The minimum atomic E-state index is -0.313. The molecule has 0 radical (unpaired) electrons. The van der Waals surface area contributed by atoms with E-state index in [4.69, 9.17) is 4.42 Å². The Kier molecular flexibility index (Phi) is 6.54. The average molecular weight is 434 g/mol. The number of anilines is 1. The first kappa shape index (κ1) is 21.6. The smallest absolute Gasteiger partial charge is 0.291 e. The molecule has 32 heavy (non-hydrogen) atoms. The molecule has 0 bridgehead atoms. The summed E-state index contributed by atoms with van der Waals surface area (Å²) in [5.41, 5.74) is 2.22. The molecule has 1 aromatic heterocycles. The number of nitrogens with zero attached hydrogens (tertiary/aromatic N) is 1. The van der Waals surface area contributed by atoms with E-state index in [0.29, 0.717) is 43.2 Å². The summed E-state index contributed by atoms with van der Waals surface area (Å²) >= 11 is 0. The predicted molar refractivity (Wildman–Crippen MR) is 122 cm³/mol. The number of nitrogens with one attached hydrogen (secondary N) is 2. The van der Waals surface area contributed by atoms with Crippen LogP contribution < -0.4 is 10.6 Å². The highest BCUT2D eigenvalue weighted by atomic mass is 16.3. The number of amides is 3. The van der Waals surface area contributed by atoms with Gasteiger partial charge in [-0.1, -0.05) is 30.3 Å². The number of para-hydroxylation sites is 1. The average Bonchev–Trinajstić information content (AvgIpc) is 3.24. The lowest BCUT2D eigenvalue weighted by atomic mass is 9.96. The van der Waals surface area contributed by atoms with Crippen LogP contribution in [0.4, 0.5) is 5.69 Å².